The molecule has 3 aliphatic carbocycles. The number of phenols is 2. The van der Waals surface area contributed by atoms with E-state index in [1.807, 2.05) is 58.0 Å². The summed E-state index contributed by atoms with van der Waals surface area (Å²) in [7, 11) is -7.34. The van der Waals surface area contributed by atoms with Crippen LogP contribution in [0.15, 0.2) is 364 Å². The fourth-order valence-corrected chi connectivity index (χ4v) is 31.1. The summed E-state index contributed by atoms with van der Waals surface area (Å²) in [6.45, 7) is 32.8. The average molecular weight is 1960 g/mol. The molecule has 1 atom stereocenters. The molecule has 0 heterocycles. The highest BCUT2D eigenvalue weighted by atomic mass is 79.9. The van der Waals surface area contributed by atoms with Crippen LogP contribution < -0.4 is 40.0 Å². The van der Waals surface area contributed by atoms with Crippen LogP contribution in [-0.2, 0) is 35.3 Å². The summed E-state index contributed by atoms with van der Waals surface area (Å²) >= 11 is 33.7. The van der Waals surface area contributed by atoms with Gasteiger partial charge in [-0.05, 0) is 237 Å². The van der Waals surface area contributed by atoms with Crippen LogP contribution in [0.2, 0.25) is 15.1 Å². The molecular formula is C113H119Br2Cl5O4Si3. The maximum Gasteiger partial charge on any atom is 0.319 e. The number of rotatable bonds is 14. The van der Waals surface area contributed by atoms with Crippen LogP contribution in [0.1, 0.15) is 154 Å². The molecule has 656 valence electrons. The van der Waals surface area contributed by atoms with Gasteiger partial charge in [0, 0.05) is 16.1 Å². The van der Waals surface area contributed by atoms with Gasteiger partial charge >= 0.3 is 16.6 Å². The third-order valence-electron chi connectivity index (χ3n) is 23.6. The molecule has 1 unspecified atom stereocenters. The van der Waals surface area contributed by atoms with Gasteiger partial charge in [-0.2, -0.15) is 11.1 Å². The van der Waals surface area contributed by atoms with Crippen molar-refractivity contribution in [2.45, 2.75) is 158 Å². The highest BCUT2D eigenvalue weighted by Gasteiger charge is 2.54. The van der Waals surface area contributed by atoms with Gasteiger partial charge in [-0.15, -0.1) is 0 Å². The Hall–Kier alpha value is -9.18. The SMILES string of the molecule is C1=C(c2ccccc2)Cc2ccccc21.CC.CC(C)(C)[Si](Cl)(c1ccccc1)c1ccccc1.CC(C)(C)[Si](Oc1ccc(CBr)c(CBr)c1)(c1ccccc1)c1ccccc1.Cc1ccc(O)cc1C.Cc1ccc(O[Si](c2ccccc2)(c2ccccc2)C(C)(C)C)cc1C.ClC(Cl)(Cl)Cl.Oc1ccc2c(c1)CC1(C2)C(c2ccccc2)=Cc2ccccc21. The summed E-state index contributed by atoms with van der Waals surface area (Å²) in [6, 6.07) is 127. The van der Waals surface area contributed by atoms with E-state index in [1.54, 1.807) is 12.1 Å². The van der Waals surface area contributed by atoms with Gasteiger partial charge in [-0.3, -0.25) is 0 Å². The molecule has 127 heavy (non-hydrogen) atoms. The van der Waals surface area contributed by atoms with Crippen molar-refractivity contribution in [3.8, 4) is 23.0 Å². The van der Waals surface area contributed by atoms with Crippen LogP contribution in [0.4, 0.5) is 0 Å². The van der Waals surface area contributed by atoms with E-state index in [9.17, 15) is 5.11 Å². The third kappa shape index (κ3) is 25.1. The van der Waals surface area contributed by atoms with Gasteiger partial charge < -0.3 is 19.1 Å². The number of alkyl halides is 6. The molecule has 0 amide bonds. The fourth-order valence-electron chi connectivity index (χ4n) is 17.1. The summed E-state index contributed by atoms with van der Waals surface area (Å²) in [4.78, 5) is 0. The van der Waals surface area contributed by atoms with Crippen molar-refractivity contribution in [2.24, 2.45) is 0 Å². The lowest BCUT2D eigenvalue weighted by Crippen LogP contribution is -2.68. The third-order valence-corrected chi connectivity index (χ3v) is 42.1. The molecule has 17 rings (SSSR count). The minimum Gasteiger partial charge on any atom is -0.534 e. The maximum absolute atomic E-state index is 9.89. The number of halogens is 7. The van der Waals surface area contributed by atoms with Crippen molar-refractivity contribution in [1.29, 1.82) is 0 Å². The van der Waals surface area contributed by atoms with Crippen molar-refractivity contribution in [3.63, 3.8) is 0 Å². The Bertz CT molecular complexity index is 5760. The average Bonchev–Trinajstić information content (AvgIpc) is 1.66. The van der Waals surface area contributed by atoms with Gasteiger partial charge in [0.2, 0.25) is 7.38 Å². The number of allylic oxidation sites excluding steroid dienone is 2. The number of aryl methyl sites for hydroxylation is 4. The smallest absolute Gasteiger partial charge is 0.319 e. The maximum atomic E-state index is 9.89. The van der Waals surface area contributed by atoms with Gasteiger partial charge in [0.05, 0.1) is 0 Å². The molecule has 2 N–H and O–H groups in total. The van der Waals surface area contributed by atoms with Crippen LogP contribution in [-0.4, -0.2) is 37.5 Å². The summed E-state index contributed by atoms with van der Waals surface area (Å²) in [6.07, 6.45) is 7.68. The fraction of sp³-hybridized carbons (Fsp3) is 0.221. The second-order valence-corrected chi connectivity index (χ2v) is 53.8. The molecule has 14 aromatic rings. The largest absolute Gasteiger partial charge is 0.534 e. The molecular weight excluding hydrogens is 1840 g/mol. The zero-order valence-corrected chi connectivity index (χ0v) is 85.6. The van der Waals surface area contributed by atoms with Gasteiger partial charge in [0.1, 0.15) is 23.0 Å². The Balaban J connectivity index is 0.000000160. The van der Waals surface area contributed by atoms with E-state index in [2.05, 4.69) is 442 Å². The Labute approximate surface area is 802 Å². The molecule has 0 aromatic heterocycles. The summed E-state index contributed by atoms with van der Waals surface area (Å²) in [5, 5.41) is 28.2. The first kappa shape index (κ1) is 100.0. The number of phenolic OH excluding ortho intramolecular Hbond substituents is 2. The van der Waals surface area contributed by atoms with Crippen LogP contribution in [0.25, 0.3) is 23.3 Å². The lowest BCUT2D eigenvalue weighted by atomic mass is 9.72. The molecule has 0 radical (unpaired) electrons. The predicted octanol–water partition coefficient (Wildman–Crippen LogP) is 29.8. The van der Waals surface area contributed by atoms with Gasteiger partial charge in [0.25, 0.3) is 3.25 Å². The molecule has 0 saturated heterocycles. The van der Waals surface area contributed by atoms with Crippen molar-refractivity contribution >= 4 is 168 Å². The lowest BCUT2D eigenvalue weighted by molar-refractivity contribution is 0.474. The number of hydrogen-bond donors (Lipinski definition) is 2. The van der Waals surface area contributed by atoms with E-state index >= 15 is 0 Å². The summed E-state index contributed by atoms with van der Waals surface area (Å²) in [5.41, 5.74) is 21.1. The van der Waals surface area contributed by atoms with Crippen LogP contribution in [0.5, 0.6) is 23.0 Å². The molecule has 14 heteroatoms. The first-order chi connectivity index (χ1) is 60.6. The number of hydrogen-bond acceptors (Lipinski definition) is 4. The van der Waals surface area contributed by atoms with E-state index in [4.69, 9.17) is 71.4 Å². The molecule has 1 spiro atoms. The van der Waals surface area contributed by atoms with Crippen molar-refractivity contribution in [3.05, 3.63) is 442 Å². The van der Waals surface area contributed by atoms with E-state index in [0.717, 1.165) is 47.0 Å². The Kier molecular flexibility index (Phi) is 35.7. The normalized spacial score (nSPS) is 13.6. The predicted molar refractivity (Wildman–Crippen MR) is 565 cm³/mol. The summed E-state index contributed by atoms with van der Waals surface area (Å²) < 4.78 is 12.5. The zero-order chi connectivity index (χ0) is 91.8. The molecule has 0 aliphatic heterocycles. The van der Waals surface area contributed by atoms with E-state index in [0.29, 0.717) is 11.5 Å². The Morgan fingerprint density at radius 2 is 0.693 bits per heavy atom. The molecule has 4 nitrogen and oxygen atoms in total. The first-order valence-electron chi connectivity index (χ1n) is 43.4. The topological polar surface area (TPSA) is 58.9 Å². The second kappa shape index (κ2) is 45.4. The van der Waals surface area contributed by atoms with Crippen molar-refractivity contribution in [2.75, 3.05) is 0 Å². The first-order valence-corrected chi connectivity index (χ1v) is 54.0. The monoisotopic (exact) mass is 1960 g/mol. The number of benzene rings is 14. The quantitative estimate of drug-likeness (QED) is 0.0647. The zero-order valence-electron chi connectivity index (χ0n) is 75.7. The van der Waals surface area contributed by atoms with E-state index in [1.165, 1.54) is 115 Å². The van der Waals surface area contributed by atoms with Gasteiger partial charge in [0.15, 0.2) is 0 Å². The minimum absolute atomic E-state index is 0.00588. The lowest BCUT2D eigenvalue weighted by Gasteiger charge is -2.43. The standard InChI is InChI=1S/C24H26Br2OSi.C24H28OSi.C23H18O.C16H19ClSi.C15H12.C8H10O.C2H6.CCl4/c1-24(2,3)28(22-10-6-4-7-11-22,23-12-8-5-9-13-23)27-21-15-14-19(17-25)20(16-21)18-26;1-19-16-17-21(18-20(19)2)25-26(24(3,4)5,22-12-8-6-9-13-22)23-14-10-7-11-15-23;24-20-11-10-18-14-23(15-19(18)12-20)21-9-5-4-8-17(21)13-22(23)16-6-2-1-3-7-16;1-16(2,3)18(17,14-10-6-4-7-11-14)15-12-8-5-9-13-15;1-2-6-12(7-3-1)15-10-13-8-4-5-9-14(13)11-15;1-6-3-4-8(9)5-7(6)2;1-2;2-1(3,4)5/h4-16H,17-18H2,1-3H3;6-18H,1-5H3;1-13,24H,14-15H2;4-13H,1-3H3;1-10H,11H2;3-5,9H,1-2H3;1-2H3;. The van der Waals surface area contributed by atoms with Crippen LogP contribution in [0, 0.1) is 27.7 Å². The highest BCUT2D eigenvalue weighted by molar-refractivity contribution is 9.09. The number of aromatic hydroxyl groups is 2. The second-order valence-electron chi connectivity index (χ2n) is 35.1. The van der Waals surface area contributed by atoms with Crippen LogP contribution >= 0.6 is 89.3 Å². The van der Waals surface area contributed by atoms with E-state index < -0.39 is 27.3 Å². The van der Waals surface area contributed by atoms with Crippen LogP contribution in [0.3, 0.4) is 0 Å². The van der Waals surface area contributed by atoms with Gasteiger partial charge in [-0.1, -0.05) is 476 Å². The number of fused-ring (bicyclic) bond motifs is 4. The molecule has 3 aliphatic rings. The van der Waals surface area contributed by atoms with Crippen molar-refractivity contribution in [1.82, 2.24) is 0 Å². The molecule has 0 saturated carbocycles. The molecule has 0 bridgehead atoms. The minimum atomic E-state index is -2.58. The highest BCUT2D eigenvalue weighted by Crippen LogP contribution is 2.55. The Morgan fingerprint density at radius 3 is 1.10 bits per heavy atom. The van der Waals surface area contributed by atoms with E-state index in [-0.39, 0.29) is 20.5 Å². The molecule has 14 aromatic carbocycles. The Morgan fingerprint density at radius 1 is 0.339 bits per heavy atom. The van der Waals surface area contributed by atoms with Gasteiger partial charge in [-0.25, -0.2) is 0 Å². The summed E-state index contributed by atoms with van der Waals surface area (Å²) in [5.74, 6) is 2.61. The van der Waals surface area contributed by atoms with Crippen molar-refractivity contribution < 1.29 is 19.1 Å². The molecule has 0 fully saturated rings.